The van der Waals surface area contributed by atoms with Crippen molar-refractivity contribution in [2.24, 2.45) is 0 Å². The molecule has 2 nitrogen and oxygen atoms in total. The highest BCUT2D eigenvalue weighted by molar-refractivity contribution is 5.93. The largest absolute Gasteiger partial charge is 0.240 e. The summed E-state index contributed by atoms with van der Waals surface area (Å²) in [5.41, 5.74) is 10.8. The molecule has 0 fully saturated rings. The summed E-state index contributed by atoms with van der Waals surface area (Å²) in [7, 11) is 0. The van der Waals surface area contributed by atoms with Crippen LogP contribution in [0.15, 0.2) is 146 Å². The molecule has 0 aliphatic heterocycles. The molecule has 8 rings (SSSR count). The second kappa shape index (κ2) is 8.03. The van der Waals surface area contributed by atoms with Gasteiger partial charge in [0.1, 0.15) is 0 Å². The molecule has 0 atom stereocenters. The summed E-state index contributed by atoms with van der Waals surface area (Å²) < 4.78 is 2.00. The van der Waals surface area contributed by atoms with Gasteiger partial charge in [-0.1, -0.05) is 121 Å². The van der Waals surface area contributed by atoms with Gasteiger partial charge in [-0.25, -0.2) is 4.52 Å². The normalized spacial score (nSPS) is 13.5. The van der Waals surface area contributed by atoms with Crippen LogP contribution in [0, 0.1) is 0 Å². The summed E-state index contributed by atoms with van der Waals surface area (Å²) in [4.78, 5) is 0. The molecule has 0 amide bonds. The highest BCUT2D eigenvalue weighted by Gasteiger charge is 2.46. The zero-order valence-electron chi connectivity index (χ0n) is 20.8. The highest BCUT2D eigenvalue weighted by Crippen LogP contribution is 2.56. The molecule has 0 unspecified atom stereocenters. The van der Waals surface area contributed by atoms with Crippen molar-refractivity contribution in [2.45, 2.75) is 5.41 Å². The van der Waals surface area contributed by atoms with Crippen molar-refractivity contribution in [3.8, 4) is 22.3 Å². The van der Waals surface area contributed by atoms with Gasteiger partial charge in [0.15, 0.2) is 0 Å². The number of hydrogen-bond acceptors (Lipinski definition) is 1. The predicted octanol–water partition coefficient (Wildman–Crippen LogP) is 8.52. The molecular weight excluding hydrogens is 460 g/mol. The van der Waals surface area contributed by atoms with Crippen molar-refractivity contribution >= 4 is 16.3 Å². The lowest BCUT2D eigenvalue weighted by Gasteiger charge is -2.34. The third-order valence-corrected chi connectivity index (χ3v) is 8.15. The highest BCUT2D eigenvalue weighted by atomic mass is 15.2. The van der Waals surface area contributed by atoms with Crippen molar-refractivity contribution in [1.82, 2.24) is 9.61 Å². The van der Waals surface area contributed by atoms with E-state index in [4.69, 9.17) is 5.10 Å². The van der Waals surface area contributed by atoms with E-state index in [1.807, 2.05) is 10.7 Å². The maximum absolute atomic E-state index is 4.75. The summed E-state index contributed by atoms with van der Waals surface area (Å²) in [6, 6.07) is 48.5. The molecule has 0 saturated carbocycles. The molecule has 1 aliphatic rings. The van der Waals surface area contributed by atoms with Crippen LogP contribution in [0.1, 0.15) is 22.3 Å². The maximum Gasteiger partial charge on any atom is 0.0746 e. The van der Waals surface area contributed by atoms with Crippen molar-refractivity contribution in [3.63, 3.8) is 0 Å². The van der Waals surface area contributed by atoms with Crippen LogP contribution in [0.3, 0.4) is 0 Å². The van der Waals surface area contributed by atoms with Gasteiger partial charge in [-0.15, -0.1) is 0 Å². The maximum atomic E-state index is 4.75. The average molecular weight is 485 g/mol. The number of nitrogens with zero attached hydrogens (tertiary/aromatic N) is 2. The van der Waals surface area contributed by atoms with Crippen LogP contribution in [0.4, 0.5) is 0 Å². The monoisotopic (exact) mass is 484 g/mol. The summed E-state index contributed by atoms with van der Waals surface area (Å²) in [6.07, 6.45) is 4.13. The van der Waals surface area contributed by atoms with E-state index in [0.29, 0.717) is 0 Å². The third-order valence-electron chi connectivity index (χ3n) is 8.15. The molecule has 0 bridgehead atoms. The number of hydrogen-bond donors (Lipinski definition) is 0. The molecule has 2 heterocycles. The molecule has 1 aliphatic carbocycles. The van der Waals surface area contributed by atoms with Crippen LogP contribution in [0.2, 0.25) is 0 Å². The Morgan fingerprint density at radius 1 is 0.500 bits per heavy atom. The fourth-order valence-electron chi connectivity index (χ4n) is 6.49. The summed E-state index contributed by atoms with van der Waals surface area (Å²) in [5.74, 6) is 0. The van der Waals surface area contributed by atoms with Crippen LogP contribution in [-0.4, -0.2) is 9.61 Å². The van der Waals surface area contributed by atoms with Gasteiger partial charge in [-0.3, -0.25) is 0 Å². The second-order valence-electron chi connectivity index (χ2n) is 10.1. The summed E-state index contributed by atoms with van der Waals surface area (Å²) in [6.45, 7) is 0. The van der Waals surface area contributed by atoms with Gasteiger partial charge >= 0.3 is 0 Å². The Hall–Kier alpha value is -4.95. The minimum absolute atomic E-state index is 0.403. The molecular formula is C36H24N2. The van der Waals surface area contributed by atoms with Gasteiger partial charge in [0.05, 0.1) is 17.1 Å². The fraction of sp³-hybridized carbons (Fsp3) is 0.0278. The number of pyridine rings is 1. The first kappa shape index (κ1) is 21.2. The van der Waals surface area contributed by atoms with E-state index in [1.165, 1.54) is 49.7 Å². The van der Waals surface area contributed by atoms with Crippen LogP contribution >= 0.6 is 0 Å². The Labute approximate surface area is 221 Å². The van der Waals surface area contributed by atoms with Crippen molar-refractivity contribution in [2.75, 3.05) is 0 Å². The standard InChI is InChI=1S/C36H24N2/c1-3-13-28(14-4-1)36(29-15-5-2-6-16-29)33-18-10-9-17-30(33)31-20-19-26(21-34(31)36)32-23-37-38-24-27-12-8-7-11-25(27)22-35(32)38/h1-24H. The van der Waals surface area contributed by atoms with Crippen molar-refractivity contribution in [1.29, 1.82) is 0 Å². The first-order valence-corrected chi connectivity index (χ1v) is 13.1. The smallest absolute Gasteiger partial charge is 0.0746 e. The quantitative estimate of drug-likeness (QED) is 0.246. The van der Waals surface area contributed by atoms with E-state index in [1.54, 1.807) is 0 Å². The van der Waals surface area contributed by atoms with Crippen LogP contribution < -0.4 is 0 Å². The van der Waals surface area contributed by atoms with E-state index in [9.17, 15) is 0 Å². The molecule has 2 aromatic heterocycles. The molecule has 2 heteroatoms. The second-order valence-corrected chi connectivity index (χ2v) is 10.1. The van der Waals surface area contributed by atoms with Gasteiger partial charge in [-0.05, 0) is 56.5 Å². The van der Waals surface area contributed by atoms with Crippen molar-refractivity contribution in [3.05, 3.63) is 168 Å². The first-order valence-electron chi connectivity index (χ1n) is 13.1. The van der Waals surface area contributed by atoms with Gasteiger partial charge in [0, 0.05) is 17.1 Å². The summed E-state index contributed by atoms with van der Waals surface area (Å²) >= 11 is 0. The van der Waals surface area contributed by atoms with E-state index in [2.05, 4.69) is 140 Å². The zero-order valence-corrected chi connectivity index (χ0v) is 20.8. The molecule has 38 heavy (non-hydrogen) atoms. The minimum Gasteiger partial charge on any atom is -0.240 e. The Morgan fingerprint density at radius 2 is 1.13 bits per heavy atom. The molecule has 5 aromatic carbocycles. The summed E-state index contributed by atoms with van der Waals surface area (Å²) in [5, 5.41) is 7.15. The van der Waals surface area contributed by atoms with E-state index < -0.39 is 5.41 Å². The molecule has 7 aromatic rings. The molecule has 0 radical (unpaired) electrons. The van der Waals surface area contributed by atoms with Gasteiger partial charge in [0.2, 0.25) is 0 Å². The lowest BCUT2D eigenvalue weighted by molar-refractivity contribution is 0.769. The zero-order chi connectivity index (χ0) is 25.1. The Balaban J connectivity index is 1.44. The van der Waals surface area contributed by atoms with E-state index >= 15 is 0 Å². The molecule has 0 N–H and O–H groups in total. The third kappa shape index (κ3) is 2.86. The lowest BCUT2D eigenvalue weighted by atomic mass is 9.67. The lowest BCUT2D eigenvalue weighted by Crippen LogP contribution is -2.28. The average Bonchev–Trinajstić information content (AvgIpc) is 3.53. The van der Waals surface area contributed by atoms with Gasteiger partial charge in [-0.2, -0.15) is 5.10 Å². The van der Waals surface area contributed by atoms with E-state index in [-0.39, 0.29) is 0 Å². The van der Waals surface area contributed by atoms with Crippen molar-refractivity contribution < 1.29 is 0 Å². The predicted molar refractivity (Wildman–Crippen MR) is 155 cm³/mol. The number of fused-ring (bicyclic) bond motifs is 5. The number of benzene rings is 5. The van der Waals surface area contributed by atoms with E-state index in [0.717, 1.165) is 11.1 Å². The SMILES string of the molecule is c1ccc(C2(c3ccccc3)c3ccccc3-c3ccc(-c4cnn5cc6ccccc6cc45)cc32)cc1. The Kier molecular flexibility index (Phi) is 4.47. The first-order chi connectivity index (χ1) is 18.8. The number of aromatic nitrogens is 2. The minimum atomic E-state index is -0.403. The molecule has 0 spiro atoms. The van der Waals surface area contributed by atoms with Crippen LogP contribution in [-0.2, 0) is 5.41 Å². The van der Waals surface area contributed by atoms with Crippen LogP contribution in [0.5, 0.6) is 0 Å². The van der Waals surface area contributed by atoms with Crippen LogP contribution in [0.25, 0.3) is 38.5 Å². The van der Waals surface area contributed by atoms with Gasteiger partial charge < -0.3 is 0 Å². The fourth-order valence-corrected chi connectivity index (χ4v) is 6.49. The topological polar surface area (TPSA) is 17.3 Å². The number of rotatable bonds is 3. The molecule has 178 valence electrons. The molecule has 0 saturated heterocycles. The Bertz CT molecular complexity index is 1930. The van der Waals surface area contributed by atoms with Gasteiger partial charge in [0.25, 0.3) is 0 Å². The Morgan fingerprint density at radius 3 is 1.89 bits per heavy atom.